The Morgan fingerprint density at radius 1 is 1.47 bits per heavy atom. The first kappa shape index (κ1) is 14.5. The monoisotopic (exact) mass is 257 g/mol. The topological polar surface area (TPSA) is 29.9 Å². The summed E-state index contributed by atoms with van der Waals surface area (Å²) in [5.74, 6) is 0.569. The van der Waals surface area contributed by atoms with Crippen molar-refractivity contribution in [2.45, 2.75) is 52.6 Å². The predicted octanol–water partition coefficient (Wildman–Crippen LogP) is 3.64. The van der Waals surface area contributed by atoms with Gasteiger partial charge in [-0.3, -0.25) is 4.68 Å². The SMILES string of the molecule is CCCCC(C)C(NC)c1c(Cl)cnn1CC. The zero-order valence-electron chi connectivity index (χ0n) is 11.3. The molecule has 0 saturated heterocycles. The van der Waals surface area contributed by atoms with Gasteiger partial charge >= 0.3 is 0 Å². The van der Waals surface area contributed by atoms with Crippen LogP contribution in [0.3, 0.4) is 0 Å². The molecule has 1 aromatic heterocycles. The maximum atomic E-state index is 6.25. The summed E-state index contributed by atoms with van der Waals surface area (Å²) in [4.78, 5) is 0. The van der Waals surface area contributed by atoms with E-state index in [4.69, 9.17) is 11.6 Å². The molecule has 0 aliphatic rings. The van der Waals surface area contributed by atoms with Crippen molar-refractivity contribution < 1.29 is 0 Å². The van der Waals surface area contributed by atoms with Crippen molar-refractivity contribution in [3.8, 4) is 0 Å². The molecule has 0 fully saturated rings. The average molecular weight is 258 g/mol. The molecule has 0 aliphatic carbocycles. The Morgan fingerprint density at radius 3 is 2.71 bits per heavy atom. The fourth-order valence-electron chi connectivity index (χ4n) is 2.32. The molecular weight excluding hydrogens is 234 g/mol. The smallest absolute Gasteiger partial charge is 0.0834 e. The van der Waals surface area contributed by atoms with E-state index in [1.807, 2.05) is 11.7 Å². The minimum absolute atomic E-state index is 0.288. The summed E-state index contributed by atoms with van der Waals surface area (Å²) in [7, 11) is 2.00. The Kier molecular flexibility index (Phi) is 6.00. The van der Waals surface area contributed by atoms with Crippen molar-refractivity contribution >= 4 is 11.6 Å². The van der Waals surface area contributed by atoms with Gasteiger partial charge in [0.15, 0.2) is 0 Å². The molecule has 0 bridgehead atoms. The van der Waals surface area contributed by atoms with E-state index in [1.165, 1.54) is 19.3 Å². The summed E-state index contributed by atoms with van der Waals surface area (Å²) in [6.45, 7) is 7.46. The number of hydrogen-bond acceptors (Lipinski definition) is 2. The van der Waals surface area contributed by atoms with Crippen LogP contribution < -0.4 is 5.32 Å². The van der Waals surface area contributed by atoms with Crippen LogP contribution in [0.2, 0.25) is 5.02 Å². The van der Waals surface area contributed by atoms with E-state index in [0.29, 0.717) is 5.92 Å². The van der Waals surface area contributed by atoms with Gasteiger partial charge in [-0.05, 0) is 26.3 Å². The lowest BCUT2D eigenvalue weighted by atomic mass is 9.93. The minimum Gasteiger partial charge on any atom is -0.311 e. The lowest BCUT2D eigenvalue weighted by Crippen LogP contribution is -2.26. The van der Waals surface area contributed by atoms with Crippen LogP contribution >= 0.6 is 11.6 Å². The third-order valence-electron chi connectivity index (χ3n) is 3.32. The first-order chi connectivity index (χ1) is 8.15. The molecule has 1 N–H and O–H groups in total. The Bertz CT molecular complexity index is 335. The molecule has 0 spiro atoms. The van der Waals surface area contributed by atoms with Crippen LogP contribution in [0.4, 0.5) is 0 Å². The quantitative estimate of drug-likeness (QED) is 0.808. The van der Waals surface area contributed by atoms with Crippen LogP contribution in [-0.4, -0.2) is 16.8 Å². The second-order valence-electron chi connectivity index (χ2n) is 4.58. The third kappa shape index (κ3) is 3.46. The first-order valence-electron chi connectivity index (χ1n) is 6.54. The summed E-state index contributed by atoms with van der Waals surface area (Å²) in [6.07, 6.45) is 5.46. The first-order valence-corrected chi connectivity index (χ1v) is 6.91. The Morgan fingerprint density at radius 2 is 2.18 bits per heavy atom. The Labute approximate surface area is 110 Å². The average Bonchev–Trinajstić information content (AvgIpc) is 2.69. The summed E-state index contributed by atoms with van der Waals surface area (Å²) in [5.41, 5.74) is 1.13. The molecule has 2 atom stereocenters. The third-order valence-corrected chi connectivity index (χ3v) is 3.61. The second-order valence-corrected chi connectivity index (χ2v) is 4.99. The largest absolute Gasteiger partial charge is 0.311 e. The molecule has 1 heterocycles. The van der Waals surface area contributed by atoms with E-state index >= 15 is 0 Å². The van der Waals surface area contributed by atoms with Crippen LogP contribution in [-0.2, 0) is 6.54 Å². The normalized spacial score (nSPS) is 14.9. The molecule has 0 radical (unpaired) electrons. The van der Waals surface area contributed by atoms with Gasteiger partial charge in [0.05, 0.1) is 23.0 Å². The Balaban J connectivity index is 2.88. The van der Waals surface area contributed by atoms with Crippen LogP contribution in [0.1, 0.15) is 51.8 Å². The van der Waals surface area contributed by atoms with E-state index in [9.17, 15) is 0 Å². The molecule has 17 heavy (non-hydrogen) atoms. The van der Waals surface area contributed by atoms with Crippen molar-refractivity contribution in [3.63, 3.8) is 0 Å². The van der Waals surface area contributed by atoms with Crippen molar-refractivity contribution in [1.82, 2.24) is 15.1 Å². The standard InChI is InChI=1S/C13H24ClN3/c1-5-7-8-10(3)12(15-4)13-11(14)9-16-17(13)6-2/h9-10,12,15H,5-8H2,1-4H3. The van der Waals surface area contributed by atoms with Gasteiger partial charge in [-0.15, -0.1) is 0 Å². The second kappa shape index (κ2) is 7.02. The molecule has 2 unspecified atom stereocenters. The zero-order valence-corrected chi connectivity index (χ0v) is 12.1. The predicted molar refractivity (Wildman–Crippen MR) is 73.4 cm³/mol. The highest BCUT2D eigenvalue weighted by molar-refractivity contribution is 6.31. The molecule has 0 aromatic carbocycles. The number of halogens is 1. The van der Waals surface area contributed by atoms with Crippen LogP contribution in [0.25, 0.3) is 0 Å². The number of nitrogens with one attached hydrogen (secondary N) is 1. The molecule has 3 nitrogen and oxygen atoms in total. The van der Waals surface area contributed by atoms with E-state index in [2.05, 4.69) is 31.2 Å². The van der Waals surface area contributed by atoms with E-state index in [-0.39, 0.29) is 6.04 Å². The summed E-state index contributed by atoms with van der Waals surface area (Å²) in [5, 5.41) is 8.47. The maximum Gasteiger partial charge on any atom is 0.0834 e. The van der Waals surface area contributed by atoms with Crippen molar-refractivity contribution in [2.75, 3.05) is 7.05 Å². The summed E-state index contributed by atoms with van der Waals surface area (Å²) >= 11 is 6.25. The van der Waals surface area contributed by atoms with Crippen LogP contribution in [0, 0.1) is 5.92 Å². The van der Waals surface area contributed by atoms with Crippen molar-refractivity contribution in [2.24, 2.45) is 5.92 Å². The van der Waals surface area contributed by atoms with Crippen molar-refractivity contribution in [3.05, 3.63) is 16.9 Å². The number of aryl methyl sites for hydroxylation is 1. The van der Waals surface area contributed by atoms with Gasteiger partial charge in [0, 0.05) is 6.54 Å². The minimum atomic E-state index is 0.288. The molecule has 98 valence electrons. The molecule has 0 saturated carbocycles. The number of aromatic nitrogens is 2. The van der Waals surface area contributed by atoms with Gasteiger partial charge in [0.1, 0.15) is 0 Å². The molecular formula is C13H24ClN3. The lowest BCUT2D eigenvalue weighted by Gasteiger charge is -2.24. The molecule has 1 rings (SSSR count). The number of unbranched alkanes of at least 4 members (excludes halogenated alkanes) is 1. The fourth-order valence-corrected chi connectivity index (χ4v) is 2.58. The van der Waals surface area contributed by atoms with Crippen LogP contribution in [0.15, 0.2) is 6.20 Å². The molecule has 4 heteroatoms. The van der Waals surface area contributed by atoms with Gasteiger partial charge in [-0.1, -0.05) is 38.3 Å². The molecule has 1 aromatic rings. The van der Waals surface area contributed by atoms with Gasteiger partial charge in [0.25, 0.3) is 0 Å². The number of nitrogens with zero attached hydrogens (tertiary/aromatic N) is 2. The maximum absolute atomic E-state index is 6.25. The fraction of sp³-hybridized carbons (Fsp3) is 0.769. The number of rotatable bonds is 7. The summed E-state index contributed by atoms with van der Waals surface area (Å²) < 4.78 is 1.99. The highest BCUT2D eigenvalue weighted by atomic mass is 35.5. The summed E-state index contributed by atoms with van der Waals surface area (Å²) in [6, 6.07) is 0.288. The van der Waals surface area contributed by atoms with Gasteiger partial charge < -0.3 is 5.32 Å². The number of hydrogen-bond donors (Lipinski definition) is 1. The van der Waals surface area contributed by atoms with Crippen molar-refractivity contribution in [1.29, 1.82) is 0 Å². The molecule has 0 aliphatic heterocycles. The van der Waals surface area contributed by atoms with E-state index < -0.39 is 0 Å². The Hall–Kier alpha value is -0.540. The highest BCUT2D eigenvalue weighted by Gasteiger charge is 2.23. The van der Waals surface area contributed by atoms with Gasteiger partial charge in [-0.25, -0.2) is 0 Å². The van der Waals surface area contributed by atoms with Gasteiger partial charge in [-0.2, -0.15) is 5.10 Å². The highest BCUT2D eigenvalue weighted by Crippen LogP contribution is 2.30. The van der Waals surface area contributed by atoms with Crippen LogP contribution in [0.5, 0.6) is 0 Å². The molecule has 0 amide bonds. The zero-order chi connectivity index (χ0) is 12.8. The van der Waals surface area contributed by atoms with Gasteiger partial charge in [0.2, 0.25) is 0 Å². The lowest BCUT2D eigenvalue weighted by molar-refractivity contribution is 0.356. The van der Waals surface area contributed by atoms with E-state index in [0.717, 1.165) is 17.3 Å². The van der Waals surface area contributed by atoms with E-state index in [1.54, 1.807) is 6.20 Å².